The Labute approximate surface area is 163 Å². The Morgan fingerprint density at radius 1 is 0.893 bits per heavy atom. The van der Waals surface area contributed by atoms with Crippen molar-refractivity contribution in [2.75, 3.05) is 14.2 Å². The van der Waals surface area contributed by atoms with Gasteiger partial charge in [-0.15, -0.1) is 0 Å². The molecule has 0 aliphatic rings. The normalized spacial score (nSPS) is 11.0. The van der Waals surface area contributed by atoms with Gasteiger partial charge in [0.05, 0.1) is 31.4 Å². The number of benzene rings is 1. The number of ether oxygens (including phenoxy) is 2. The predicted octanol–water partition coefficient (Wildman–Crippen LogP) is 4.12. The molecular formula is C22H22N4O2. The van der Waals surface area contributed by atoms with Crippen LogP contribution in [-0.4, -0.2) is 34.0 Å². The van der Waals surface area contributed by atoms with Crippen LogP contribution in [0.15, 0.2) is 55.0 Å². The largest absolute Gasteiger partial charge is 0.497 e. The van der Waals surface area contributed by atoms with Gasteiger partial charge in [-0.3, -0.25) is 14.6 Å². The van der Waals surface area contributed by atoms with Gasteiger partial charge in [0.15, 0.2) is 0 Å². The molecule has 0 unspecified atom stereocenters. The molecule has 0 bridgehead atoms. The first kappa shape index (κ1) is 18.0. The number of pyridine rings is 2. The minimum atomic E-state index is 0.682. The fourth-order valence-electron chi connectivity index (χ4n) is 3.17. The summed E-state index contributed by atoms with van der Waals surface area (Å²) in [6.45, 7) is 2.91. The highest BCUT2D eigenvalue weighted by atomic mass is 16.5. The highest BCUT2D eigenvalue weighted by Gasteiger charge is 2.08. The molecule has 0 aliphatic carbocycles. The summed E-state index contributed by atoms with van der Waals surface area (Å²) >= 11 is 0. The standard InChI is InChI=1S/C22H22N4O2/c1-4-26-14-17(13-24-26)16-10-22-21(23-12-16)6-5-18(25-22)7-15-8-19(27-2)11-20(9-15)28-3/h5-6,8-14H,4,7H2,1-3H3. The fraction of sp³-hybridized carbons (Fsp3) is 0.227. The van der Waals surface area contributed by atoms with E-state index in [9.17, 15) is 0 Å². The molecule has 28 heavy (non-hydrogen) atoms. The zero-order chi connectivity index (χ0) is 19.5. The van der Waals surface area contributed by atoms with E-state index in [1.165, 1.54) is 0 Å². The van der Waals surface area contributed by atoms with Crippen LogP contribution in [0.2, 0.25) is 0 Å². The highest BCUT2D eigenvalue weighted by Crippen LogP contribution is 2.25. The van der Waals surface area contributed by atoms with Gasteiger partial charge in [0.1, 0.15) is 11.5 Å². The van der Waals surface area contributed by atoms with Crippen LogP contribution >= 0.6 is 0 Å². The molecule has 0 spiro atoms. The van der Waals surface area contributed by atoms with Crippen molar-refractivity contribution in [1.82, 2.24) is 19.7 Å². The second kappa shape index (κ2) is 7.68. The summed E-state index contributed by atoms with van der Waals surface area (Å²) in [6, 6.07) is 12.0. The van der Waals surface area contributed by atoms with Crippen molar-refractivity contribution in [1.29, 1.82) is 0 Å². The lowest BCUT2D eigenvalue weighted by atomic mass is 10.1. The number of aromatic nitrogens is 4. The molecule has 0 saturated carbocycles. The number of aryl methyl sites for hydroxylation is 1. The molecule has 1 aromatic carbocycles. The molecule has 6 heteroatoms. The van der Waals surface area contributed by atoms with E-state index >= 15 is 0 Å². The average Bonchev–Trinajstić information content (AvgIpc) is 3.22. The first-order chi connectivity index (χ1) is 13.7. The molecule has 0 fully saturated rings. The number of methoxy groups -OCH3 is 2. The number of hydrogen-bond acceptors (Lipinski definition) is 5. The first-order valence-electron chi connectivity index (χ1n) is 9.19. The van der Waals surface area contributed by atoms with Gasteiger partial charge >= 0.3 is 0 Å². The Morgan fingerprint density at radius 2 is 1.68 bits per heavy atom. The van der Waals surface area contributed by atoms with Crippen LogP contribution in [0.1, 0.15) is 18.2 Å². The van der Waals surface area contributed by atoms with Gasteiger partial charge in [0.25, 0.3) is 0 Å². The van der Waals surface area contributed by atoms with Crippen molar-refractivity contribution in [3.8, 4) is 22.6 Å². The topological polar surface area (TPSA) is 62.1 Å². The number of fused-ring (bicyclic) bond motifs is 1. The maximum atomic E-state index is 5.36. The molecule has 0 atom stereocenters. The average molecular weight is 374 g/mol. The second-order valence-corrected chi connectivity index (χ2v) is 6.55. The number of nitrogens with zero attached hydrogens (tertiary/aromatic N) is 4. The minimum Gasteiger partial charge on any atom is -0.497 e. The molecule has 6 nitrogen and oxygen atoms in total. The summed E-state index contributed by atoms with van der Waals surface area (Å²) in [4.78, 5) is 9.38. The third-order valence-corrected chi connectivity index (χ3v) is 4.68. The molecule has 0 saturated heterocycles. The zero-order valence-electron chi connectivity index (χ0n) is 16.2. The fourth-order valence-corrected chi connectivity index (χ4v) is 3.17. The lowest BCUT2D eigenvalue weighted by molar-refractivity contribution is 0.393. The van der Waals surface area contributed by atoms with E-state index < -0.39 is 0 Å². The van der Waals surface area contributed by atoms with E-state index in [4.69, 9.17) is 14.5 Å². The summed E-state index contributed by atoms with van der Waals surface area (Å²) in [5.41, 5.74) is 5.84. The highest BCUT2D eigenvalue weighted by molar-refractivity contribution is 5.80. The van der Waals surface area contributed by atoms with Crippen molar-refractivity contribution in [3.63, 3.8) is 0 Å². The Hall–Kier alpha value is -3.41. The molecule has 4 aromatic rings. The Kier molecular flexibility index (Phi) is 4.93. The quantitative estimate of drug-likeness (QED) is 0.508. The molecule has 3 heterocycles. The lowest BCUT2D eigenvalue weighted by Gasteiger charge is -2.09. The van der Waals surface area contributed by atoms with Crippen LogP contribution in [0.4, 0.5) is 0 Å². The maximum Gasteiger partial charge on any atom is 0.122 e. The van der Waals surface area contributed by atoms with Crippen molar-refractivity contribution >= 4 is 11.0 Å². The lowest BCUT2D eigenvalue weighted by Crippen LogP contribution is -1.96. The zero-order valence-corrected chi connectivity index (χ0v) is 16.2. The van der Waals surface area contributed by atoms with Crippen molar-refractivity contribution < 1.29 is 9.47 Å². The van der Waals surface area contributed by atoms with Crippen LogP contribution in [-0.2, 0) is 13.0 Å². The SMILES string of the molecule is CCn1cc(-c2cnc3ccc(Cc4cc(OC)cc(OC)c4)nc3c2)cn1. The summed E-state index contributed by atoms with van der Waals surface area (Å²) in [7, 11) is 3.31. The van der Waals surface area contributed by atoms with Crippen LogP contribution in [0.25, 0.3) is 22.2 Å². The number of hydrogen-bond donors (Lipinski definition) is 0. The van der Waals surface area contributed by atoms with Gasteiger partial charge < -0.3 is 9.47 Å². The van der Waals surface area contributed by atoms with Gasteiger partial charge in [-0.1, -0.05) is 0 Å². The smallest absolute Gasteiger partial charge is 0.122 e. The van der Waals surface area contributed by atoms with Crippen molar-refractivity contribution in [2.45, 2.75) is 19.9 Å². The molecule has 0 N–H and O–H groups in total. The van der Waals surface area contributed by atoms with Crippen molar-refractivity contribution in [2.24, 2.45) is 0 Å². The van der Waals surface area contributed by atoms with E-state index in [0.717, 1.165) is 51.5 Å². The van der Waals surface area contributed by atoms with Crippen molar-refractivity contribution in [3.05, 3.63) is 66.2 Å². The van der Waals surface area contributed by atoms with E-state index in [1.807, 2.05) is 53.6 Å². The van der Waals surface area contributed by atoms with Crippen LogP contribution in [0.3, 0.4) is 0 Å². The van der Waals surface area contributed by atoms with Gasteiger partial charge in [-0.25, -0.2) is 0 Å². The van der Waals surface area contributed by atoms with E-state index in [1.54, 1.807) is 14.2 Å². The molecular weight excluding hydrogens is 352 g/mol. The molecule has 0 amide bonds. The Balaban J connectivity index is 1.67. The summed E-state index contributed by atoms with van der Waals surface area (Å²) in [5.74, 6) is 1.54. The van der Waals surface area contributed by atoms with E-state index in [-0.39, 0.29) is 0 Å². The molecule has 0 radical (unpaired) electrons. The third-order valence-electron chi connectivity index (χ3n) is 4.68. The third kappa shape index (κ3) is 3.67. The summed E-state index contributed by atoms with van der Waals surface area (Å²) < 4.78 is 12.6. The first-order valence-corrected chi connectivity index (χ1v) is 9.19. The molecule has 3 aromatic heterocycles. The summed E-state index contributed by atoms with van der Waals surface area (Å²) in [6.07, 6.45) is 6.43. The van der Waals surface area contributed by atoms with Gasteiger partial charge in [-0.2, -0.15) is 5.10 Å². The van der Waals surface area contributed by atoms with E-state index in [2.05, 4.69) is 23.1 Å². The van der Waals surface area contributed by atoms with Crippen LogP contribution in [0.5, 0.6) is 11.5 Å². The predicted molar refractivity (Wildman–Crippen MR) is 109 cm³/mol. The molecule has 4 rings (SSSR count). The van der Waals surface area contributed by atoms with Gasteiger partial charge in [0.2, 0.25) is 0 Å². The van der Waals surface area contributed by atoms with Crippen LogP contribution in [0, 0.1) is 0 Å². The van der Waals surface area contributed by atoms with Gasteiger partial charge in [-0.05, 0) is 42.8 Å². The molecule has 0 aliphatic heterocycles. The maximum absolute atomic E-state index is 5.36. The number of rotatable bonds is 6. The summed E-state index contributed by atoms with van der Waals surface area (Å²) in [5, 5.41) is 4.34. The van der Waals surface area contributed by atoms with Gasteiger partial charge in [0, 0.05) is 48.2 Å². The van der Waals surface area contributed by atoms with Crippen LogP contribution < -0.4 is 9.47 Å². The Morgan fingerprint density at radius 3 is 2.36 bits per heavy atom. The second-order valence-electron chi connectivity index (χ2n) is 6.55. The molecule has 142 valence electrons. The monoisotopic (exact) mass is 374 g/mol. The minimum absolute atomic E-state index is 0.682. The Bertz CT molecular complexity index is 1100. The van der Waals surface area contributed by atoms with E-state index in [0.29, 0.717) is 6.42 Å².